The second-order valence-electron chi connectivity index (χ2n) is 3.07. The van der Waals surface area contributed by atoms with Crippen molar-refractivity contribution in [1.82, 2.24) is 4.98 Å². The van der Waals surface area contributed by atoms with Gasteiger partial charge in [0, 0.05) is 5.56 Å². The number of nitrogens with two attached hydrogens (primary N) is 1. The molecule has 16 heavy (non-hydrogen) atoms. The molecule has 1 aromatic heterocycles. The van der Waals surface area contributed by atoms with Crippen LogP contribution in [0.15, 0.2) is 28.9 Å². The van der Waals surface area contributed by atoms with E-state index in [9.17, 15) is 4.79 Å². The minimum absolute atomic E-state index is 0.0146. The van der Waals surface area contributed by atoms with E-state index in [0.29, 0.717) is 11.3 Å². The average molecular weight is 239 g/mol. The summed E-state index contributed by atoms with van der Waals surface area (Å²) in [6.07, 6.45) is 1.35. The van der Waals surface area contributed by atoms with E-state index in [-0.39, 0.29) is 16.6 Å². The number of rotatable bonds is 2. The van der Waals surface area contributed by atoms with Gasteiger partial charge in [0.15, 0.2) is 0 Å². The number of oxazole rings is 1. The Morgan fingerprint density at radius 3 is 2.81 bits per heavy atom. The number of hydrogen-bond acceptors (Lipinski definition) is 4. The zero-order valence-electron chi connectivity index (χ0n) is 7.98. The number of anilines is 1. The van der Waals surface area contributed by atoms with Crippen LogP contribution in [-0.2, 0) is 0 Å². The van der Waals surface area contributed by atoms with Gasteiger partial charge in [0.1, 0.15) is 12.0 Å². The highest BCUT2D eigenvalue weighted by Gasteiger charge is 2.12. The molecular weight excluding hydrogens is 232 g/mol. The van der Waals surface area contributed by atoms with Crippen LogP contribution in [0.1, 0.15) is 10.4 Å². The number of nitrogen functional groups attached to an aromatic ring is 1. The first-order valence-electron chi connectivity index (χ1n) is 4.32. The molecule has 0 aliphatic heterocycles. The van der Waals surface area contributed by atoms with Gasteiger partial charge in [-0.3, -0.25) is 0 Å². The van der Waals surface area contributed by atoms with Gasteiger partial charge in [0.05, 0.1) is 10.6 Å². The van der Waals surface area contributed by atoms with Crippen LogP contribution < -0.4 is 5.73 Å². The zero-order valence-corrected chi connectivity index (χ0v) is 8.73. The molecule has 2 aromatic rings. The highest BCUT2D eigenvalue weighted by atomic mass is 35.5. The normalized spacial score (nSPS) is 10.3. The van der Waals surface area contributed by atoms with Crippen LogP contribution in [0, 0.1) is 0 Å². The van der Waals surface area contributed by atoms with E-state index >= 15 is 0 Å². The summed E-state index contributed by atoms with van der Waals surface area (Å²) in [6, 6.07) is 4.58. The number of aromatic nitrogens is 1. The summed E-state index contributed by atoms with van der Waals surface area (Å²) in [5, 5.41) is 9.06. The number of carboxylic acids is 1. The molecule has 0 unspecified atom stereocenters. The summed E-state index contributed by atoms with van der Waals surface area (Å²) in [5.41, 5.74) is 6.39. The molecular formula is C10H7ClN2O3. The van der Waals surface area contributed by atoms with E-state index in [1.54, 1.807) is 6.07 Å². The fourth-order valence-electron chi connectivity index (χ4n) is 1.27. The van der Waals surface area contributed by atoms with E-state index in [2.05, 4.69) is 4.98 Å². The van der Waals surface area contributed by atoms with Gasteiger partial charge in [-0.05, 0) is 12.1 Å². The minimum atomic E-state index is -1.09. The quantitative estimate of drug-likeness (QED) is 0.838. The SMILES string of the molecule is Nc1nc(-c2ccc(Cl)c(C(=O)O)c2)co1. The molecule has 0 amide bonds. The smallest absolute Gasteiger partial charge is 0.337 e. The number of carboxylic acid groups (broad SMARTS) is 1. The van der Waals surface area contributed by atoms with Crippen molar-refractivity contribution < 1.29 is 14.3 Å². The number of nitrogens with zero attached hydrogens (tertiary/aromatic N) is 1. The predicted molar refractivity (Wildman–Crippen MR) is 58.3 cm³/mol. The van der Waals surface area contributed by atoms with Crippen molar-refractivity contribution in [2.45, 2.75) is 0 Å². The molecule has 82 valence electrons. The summed E-state index contributed by atoms with van der Waals surface area (Å²) >= 11 is 5.73. The van der Waals surface area contributed by atoms with Gasteiger partial charge in [-0.2, -0.15) is 4.98 Å². The molecule has 6 heteroatoms. The topological polar surface area (TPSA) is 89.3 Å². The van der Waals surface area contributed by atoms with E-state index in [0.717, 1.165) is 0 Å². The number of benzene rings is 1. The monoisotopic (exact) mass is 238 g/mol. The maximum atomic E-state index is 10.9. The van der Waals surface area contributed by atoms with Crippen LogP contribution in [-0.4, -0.2) is 16.1 Å². The lowest BCUT2D eigenvalue weighted by Crippen LogP contribution is -1.97. The maximum Gasteiger partial charge on any atom is 0.337 e. The molecule has 5 nitrogen and oxygen atoms in total. The molecule has 0 saturated heterocycles. The highest BCUT2D eigenvalue weighted by Crippen LogP contribution is 2.25. The molecule has 0 fully saturated rings. The van der Waals surface area contributed by atoms with Crippen LogP contribution in [0.3, 0.4) is 0 Å². The lowest BCUT2D eigenvalue weighted by molar-refractivity contribution is 0.0697. The van der Waals surface area contributed by atoms with E-state index in [4.69, 9.17) is 26.9 Å². The first kappa shape index (κ1) is 10.5. The van der Waals surface area contributed by atoms with Gasteiger partial charge in [0.25, 0.3) is 6.01 Å². The van der Waals surface area contributed by atoms with Crippen LogP contribution in [0.5, 0.6) is 0 Å². The average Bonchev–Trinajstić information content (AvgIpc) is 2.65. The van der Waals surface area contributed by atoms with Gasteiger partial charge < -0.3 is 15.3 Å². The van der Waals surface area contributed by atoms with Crippen molar-refractivity contribution in [2.75, 3.05) is 5.73 Å². The zero-order chi connectivity index (χ0) is 11.7. The fraction of sp³-hybridized carbons (Fsp3) is 0. The Balaban J connectivity index is 2.51. The number of carbonyl (C=O) groups is 1. The third-order valence-electron chi connectivity index (χ3n) is 2.01. The molecule has 1 aromatic carbocycles. The van der Waals surface area contributed by atoms with Crippen LogP contribution in [0.25, 0.3) is 11.3 Å². The number of halogens is 1. The lowest BCUT2D eigenvalue weighted by Gasteiger charge is -2.01. The van der Waals surface area contributed by atoms with Crippen molar-refractivity contribution in [3.05, 3.63) is 35.0 Å². The van der Waals surface area contributed by atoms with E-state index in [1.165, 1.54) is 18.4 Å². The Morgan fingerprint density at radius 1 is 1.50 bits per heavy atom. The summed E-state index contributed by atoms with van der Waals surface area (Å²) in [7, 11) is 0. The Bertz CT molecular complexity index is 551. The molecule has 1 heterocycles. The summed E-state index contributed by atoms with van der Waals surface area (Å²) in [6.45, 7) is 0. The Kier molecular flexibility index (Phi) is 2.54. The largest absolute Gasteiger partial charge is 0.478 e. The molecule has 0 spiro atoms. The van der Waals surface area contributed by atoms with Crippen molar-refractivity contribution in [2.24, 2.45) is 0 Å². The molecule has 0 aliphatic carbocycles. The van der Waals surface area contributed by atoms with Crippen molar-refractivity contribution >= 4 is 23.6 Å². The van der Waals surface area contributed by atoms with Crippen LogP contribution in [0.4, 0.5) is 6.01 Å². The van der Waals surface area contributed by atoms with Gasteiger partial charge in [-0.25, -0.2) is 4.79 Å². The third-order valence-corrected chi connectivity index (χ3v) is 2.34. The van der Waals surface area contributed by atoms with Crippen molar-refractivity contribution in [3.63, 3.8) is 0 Å². The summed E-state index contributed by atoms with van der Waals surface area (Å²) in [5.74, 6) is -1.09. The van der Waals surface area contributed by atoms with Crippen LogP contribution in [0.2, 0.25) is 5.02 Å². The van der Waals surface area contributed by atoms with Gasteiger partial charge in [0.2, 0.25) is 0 Å². The Morgan fingerprint density at radius 2 is 2.25 bits per heavy atom. The van der Waals surface area contributed by atoms with Crippen molar-refractivity contribution in [1.29, 1.82) is 0 Å². The Labute approximate surface area is 95.5 Å². The molecule has 0 atom stereocenters. The molecule has 0 aliphatic rings. The maximum absolute atomic E-state index is 10.9. The minimum Gasteiger partial charge on any atom is -0.478 e. The molecule has 0 radical (unpaired) electrons. The van der Waals surface area contributed by atoms with Crippen molar-refractivity contribution in [3.8, 4) is 11.3 Å². The first-order chi connectivity index (χ1) is 7.58. The third kappa shape index (κ3) is 1.85. The number of aromatic carboxylic acids is 1. The standard InChI is InChI=1S/C10H7ClN2O3/c11-7-2-1-5(3-6(7)9(14)15)8-4-16-10(12)13-8/h1-4H,(H2,12,13)(H,14,15). The van der Waals surface area contributed by atoms with Gasteiger partial charge >= 0.3 is 5.97 Å². The predicted octanol–water partition coefficient (Wildman–Crippen LogP) is 2.28. The summed E-state index contributed by atoms with van der Waals surface area (Å²) < 4.78 is 4.84. The fourth-order valence-corrected chi connectivity index (χ4v) is 1.47. The van der Waals surface area contributed by atoms with E-state index < -0.39 is 5.97 Å². The molecule has 0 saturated carbocycles. The van der Waals surface area contributed by atoms with Crippen LogP contribution >= 0.6 is 11.6 Å². The molecule has 2 rings (SSSR count). The van der Waals surface area contributed by atoms with Gasteiger partial charge in [-0.15, -0.1) is 0 Å². The summed E-state index contributed by atoms with van der Waals surface area (Å²) in [4.78, 5) is 14.7. The second kappa shape index (κ2) is 3.86. The Hall–Kier alpha value is -2.01. The molecule has 3 N–H and O–H groups in total. The highest BCUT2D eigenvalue weighted by molar-refractivity contribution is 6.33. The lowest BCUT2D eigenvalue weighted by atomic mass is 10.1. The molecule has 0 bridgehead atoms. The van der Waals surface area contributed by atoms with E-state index in [1.807, 2.05) is 0 Å². The second-order valence-corrected chi connectivity index (χ2v) is 3.48. The van der Waals surface area contributed by atoms with Gasteiger partial charge in [-0.1, -0.05) is 17.7 Å². The first-order valence-corrected chi connectivity index (χ1v) is 4.70. The number of hydrogen-bond donors (Lipinski definition) is 2.